The Morgan fingerprint density at radius 2 is 1.90 bits per heavy atom. The van der Waals surface area contributed by atoms with Crippen molar-refractivity contribution in [3.05, 3.63) is 17.0 Å². The van der Waals surface area contributed by atoms with Crippen LogP contribution in [0.1, 0.15) is 36.7 Å². The van der Waals surface area contributed by atoms with E-state index < -0.39 is 0 Å². The molecule has 20 heavy (non-hydrogen) atoms. The molecular weight excluding hydrogens is 272 g/mol. The van der Waals surface area contributed by atoms with Crippen molar-refractivity contribution in [2.75, 3.05) is 26.2 Å². The average Bonchev–Trinajstić information content (AvgIpc) is 2.64. The first-order valence-electron chi connectivity index (χ1n) is 7.54. The molecule has 5 heteroatoms. The third kappa shape index (κ3) is 4.21. The molecule has 1 aliphatic heterocycles. The van der Waals surface area contributed by atoms with Crippen molar-refractivity contribution in [3.8, 4) is 0 Å². The highest BCUT2D eigenvalue weighted by Gasteiger charge is 2.20. The van der Waals surface area contributed by atoms with Gasteiger partial charge in [-0.05, 0) is 58.8 Å². The summed E-state index contributed by atoms with van der Waals surface area (Å²) in [5.74, 6) is 0.868. The van der Waals surface area contributed by atoms with Crippen molar-refractivity contribution in [2.45, 2.75) is 40.2 Å². The van der Waals surface area contributed by atoms with E-state index in [-0.39, 0.29) is 12.4 Å². The summed E-state index contributed by atoms with van der Waals surface area (Å²) in [5, 5.41) is 7.98. The summed E-state index contributed by atoms with van der Waals surface area (Å²) in [6.07, 6.45) is 2.65. The lowest BCUT2D eigenvalue weighted by Gasteiger charge is -2.32. The number of hydrogen-bond acceptors (Lipinski definition) is 3. The molecule has 0 aromatic carbocycles. The highest BCUT2D eigenvalue weighted by Crippen LogP contribution is 2.21. The fourth-order valence-corrected chi connectivity index (χ4v) is 2.97. The van der Waals surface area contributed by atoms with E-state index in [4.69, 9.17) is 0 Å². The number of aromatic nitrogens is 2. The number of nitrogens with one attached hydrogen (secondary N) is 1. The van der Waals surface area contributed by atoms with Gasteiger partial charge in [0.2, 0.25) is 0 Å². The van der Waals surface area contributed by atoms with Crippen molar-refractivity contribution < 1.29 is 0 Å². The molecule has 2 rings (SSSR count). The fourth-order valence-electron chi connectivity index (χ4n) is 2.97. The molecule has 0 aliphatic carbocycles. The Hall–Kier alpha value is -0.580. The van der Waals surface area contributed by atoms with Crippen molar-refractivity contribution in [3.63, 3.8) is 0 Å². The molecule has 0 unspecified atom stereocenters. The zero-order valence-corrected chi connectivity index (χ0v) is 14.1. The second-order valence-corrected chi connectivity index (χ2v) is 5.80. The fraction of sp³-hybridized carbons (Fsp3) is 0.800. The standard InChI is InChI=1S/C15H28N4.ClH/c1-5-16-10-14-6-8-19(9-7-14)11-15-12(2)17-18(4)13(15)3;/h14,16H,5-11H2,1-4H3;1H. The molecule has 1 aromatic rings. The van der Waals surface area contributed by atoms with Crippen molar-refractivity contribution in [2.24, 2.45) is 13.0 Å². The molecule has 2 heterocycles. The minimum Gasteiger partial charge on any atom is -0.317 e. The van der Waals surface area contributed by atoms with Gasteiger partial charge in [0.05, 0.1) is 5.69 Å². The predicted molar refractivity (Wildman–Crippen MR) is 86.5 cm³/mol. The molecule has 4 nitrogen and oxygen atoms in total. The van der Waals surface area contributed by atoms with Gasteiger partial charge in [0.25, 0.3) is 0 Å². The highest BCUT2D eigenvalue weighted by atomic mass is 35.5. The van der Waals surface area contributed by atoms with E-state index >= 15 is 0 Å². The van der Waals surface area contributed by atoms with Gasteiger partial charge in [0.1, 0.15) is 0 Å². The second-order valence-electron chi connectivity index (χ2n) is 5.80. The number of rotatable bonds is 5. The number of halogens is 1. The van der Waals surface area contributed by atoms with E-state index in [9.17, 15) is 0 Å². The summed E-state index contributed by atoms with van der Waals surface area (Å²) >= 11 is 0. The van der Waals surface area contributed by atoms with E-state index in [0.29, 0.717) is 0 Å². The number of nitrogens with zero attached hydrogens (tertiary/aromatic N) is 3. The maximum Gasteiger partial charge on any atom is 0.0641 e. The van der Waals surface area contributed by atoms with E-state index in [1.54, 1.807) is 0 Å². The Morgan fingerprint density at radius 3 is 2.40 bits per heavy atom. The molecule has 1 N–H and O–H groups in total. The highest BCUT2D eigenvalue weighted by molar-refractivity contribution is 5.85. The normalized spacial score (nSPS) is 17.2. The molecule has 1 saturated heterocycles. The smallest absolute Gasteiger partial charge is 0.0641 e. The maximum absolute atomic E-state index is 4.51. The zero-order chi connectivity index (χ0) is 13.8. The van der Waals surface area contributed by atoms with Crippen molar-refractivity contribution in [1.29, 1.82) is 0 Å². The van der Waals surface area contributed by atoms with Crippen LogP contribution in [0, 0.1) is 19.8 Å². The van der Waals surface area contributed by atoms with Gasteiger partial charge in [-0.2, -0.15) is 5.10 Å². The number of aryl methyl sites for hydroxylation is 2. The van der Waals surface area contributed by atoms with Crippen LogP contribution < -0.4 is 5.32 Å². The number of piperidine rings is 1. The zero-order valence-electron chi connectivity index (χ0n) is 13.3. The molecule has 1 fully saturated rings. The van der Waals surface area contributed by atoms with E-state index in [1.165, 1.54) is 49.4 Å². The Kier molecular flexibility index (Phi) is 7.00. The van der Waals surface area contributed by atoms with Crippen LogP contribution in [0.2, 0.25) is 0 Å². The molecule has 0 saturated carbocycles. The van der Waals surface area contributed by atoms with Gasteiger partial charge in [-0.1, -0.05) is 6.92 Å². The minimum atomic E-state index is 0. The van der Waals surface area contributed by atoms with E-state index in [0.717, 1.165) is 19.0 Å². The quantitative estimate of drug-likeness (QED) is 0.906. The van der Waals surface area contributed by atoms with Gasteiger partial charge in [0.15, 0.2) is 0 Å². The molecule has 0 spiro atoms. The van der Waals surface area contributed by atoms with Gasteiger partial charge < -0.3 is 5.32 Å². The molecule has 0 atom stereocenters. The molecular formula is C15H29ClN4. The Balaban J connectivity index is 0.00000200. The lowest BCUT2D eigenvalue weighted by molar-refractivity contribution is 0.175. The summed E-state index contributed by atoms with van der Waals surface area (Å²) in [4.78, 5) is 2.58. The molecule has 0 amide bonds. The molecule has 116 valence electrons. The summed E-state index contributed by atoms with van der Waals surface area (Å²) in [6, 6.07) is 0. The van der Waals surface area contributed by atoms with Crippen LogP contribution in [-0.2, 0) is 13.6 Å². The minimum absolute atomic E-state index is 0. The second kappa shape index (κ2) is 8.01. The van der Waals surface area contributed by atoms with Crippen molar-refractivity contribution in [1.82, 2.24) is 20.0 Å². The molecule has 1 aromatic heterocycles. The SMILES string of the molecule is CCNCC1CCN(Cc2c(C)nn(C)c2C)CC1.Cl. The van der Waals surface area contributed by atoms with Crippen LogP contribution in [0.4, 0.5) is 0 Å². The Labute approximate surface area is 129 Å². The third-order valence-corrected chi connectivity index (χ3v) is 4.43. The van der Waals surface area contributed by atoms with Crippen LogP contribution in [0.5, 0.6) is 0 Å². The van der Waals surface area contributed by atoms with Crippen LogP contribution in [0.3, 0.4) is 0 Å². The van der Waals surface area contributed by atoms with Crippen LogP contribution in [-0.4, -0.2) is 40.9 Å². The van der Waals surface area contributed by atoms with Gasteiger partial charge >= 0.3 is 0 Å². The lowest BCUT2D eigenvalue weighted by Crippen LogP contribution is -2.37. The first-order valence-corrected chi connectivity index (χ1v) is 7.54. The predicted octanol–water partition coefficient (Wildman–Crippen LogP) is 2.28. The van der Waals surface area contributed by atoms with Gasteiger partial charge in [0, 0.05) is 24.8 Å². The van der Waals surface area contributed by atoms with E-state index in [1.807, 2.05) is 11.7 Å². The van der Waals surface area contributed by atoms with Gasteiger partial charge in [-0.25, -0.2) is 0 Å². The topological polar surface area (TPSA) is 33.1 Å². The molecule has 1 aliphatic rings. The average molecular weight is 301 g/mol. The van der Waals surface area contributed by atoms with Crippen LogP contribution >= 0.6 is 12.4 Å². The first kappa shape index (κ1) is 17.5. The Morgan fingerprint density at radius 1 is 1.25 bits per heavy atom. The van der Waals surface area contributed by atoms with E-state index in [2.05, 4.69) is 36.1 Å². The summed E-state index contributed by atoms with van der Waals surface area (Å²) in [6.45, 7) is 12.3. The summed E-state index contributed by atoms with van der Waals surface area (Å²) in [5.41, 5.74) is 3.93. The first-order chi connectivity index (χ1) is 9.11. The Bertz CT molecular complexity index is 408. The van der Waals surface area contributed by atoms with Gasteiger partial charge in [-0.3, -0.25) is 9.58 Å². The van der Waals surface area contributed by atoms with Crippen LogP contribution in [0.25, 0.3) is 0 Å². The number of hydrogen-bond donors (Lipinski definition) is 1. The lowest BCUT2D eigenvalue weighted by atomic mass is 9.96. The summed E-state index contributed by atoms with van der Waals surface area (Å²) < 4.78 is 2.00. The maximum atomic E-state index is 4.51. The van der Waals surface area contributed by atoms with Crippen molar-refractivity contribution >= 4 is 12.4 Å². The molecule has 0 radical (unpaired) electrons. The van der Waals surface area contributed by atoms with Gasteiger partial charge in [-0.15, -0.1) is 12.4 Å². The van der Waals surface area contributed by atoms with Crippen LogP contribution in [0.15, 0.2) is 0 Å². The molecule has 0 bridgehead atoms. The largest absolute Gasteiger partial charge is 0.317 e. The number of likely N-dealkylation sites (tertiary alicyclic amines) is 1. The monoisotopic (exact) mass is 300 g/mol. The third-order valence-electron chi connectivity index (χ3n) is 4.43. The summed E-state index contributed by atoms with van der Waals surface area (Å²) in [7, 11) is 2.04.